The van der Waals surface area contributed by atoms with E-state index >= 15 is 0 Å². The standard InChI is InChI=1S/C12H26N2O3S/c1-11(2)13-7-9-18(15,16)14-10-12(4-5-12)6-8-17-3/h11,13-14H,4-10H2,1-3H3. The minimum atomic E-state index is -3.15. The average Bonchev–Trinajstić information content (AvgIpc) is 3.04. The van der Waals surface area contributed by atoms with Crippen molar-refractivity contribution in [3.05, 3.63) is 0 Å². The lowest BCUT2D eigenvalue weighted by atomic mass is 10.0. The summed E-state index contributed by atoms with van der Waals surface area (Å²) in [4.78, 5) is 0. The molecule has 0 aromatic carbocycles. The van der Waals surface area contributed by atoms with E-state index in [1.165, 1.54) is 0 Å². The second kappa shape index (κ2) is 6.84. The predicted molar refractivity (Wildman–Crippen MR) is 73.1 cm³/mol. The van der Waals surface area contributed by atoms with Crippen molar-refractivity contribution in [1.82, 2.24) is 10.0 Å². The zero-order valence-electron chi connectivity index (χ0n) is 11.7. The number of rotatable bonds is 10. The van der Waals surface area contributed by atoms with Gasteiger partial charge in [-0.15, -0.1) is 0 Å². The molecule has 0 amide bonds. The summed E-state index contributed by atoms with van der Waals surface area (Å²) in [6, 6.07) is 0.316. The molecule has 2 N–H and O–H groups in total. The number of ether oxygens (including phenoxy) is 1. The molecule has 0 atom stereocenters. The van der Waals surface area contributed by atoms with Crippen LogP contribution in [0.4, 0.5) is 0 Å². The SMILES string of the molecule is COCCC1(CNS(=O)(=O)CCNC(C)C)CC1. The summed E-state index contributed by atoms with van der Waals surface area (Å²) in [5.41, 5.74) is 0.161. The van der Waals surface area contributed by atoms with Gasteiger partial charge in [-0.3, -0.25) is 0 Å². The van der Waals surface area contributed by atoms with Gasteiger partial charge in [-0.1, -0.05) is 13.8 Å². The van der Waals surface area contributed by atoms with Gasteiger partial charge in [-0.25, -0.2) is 13.1 Å². The Kier molecular flexibility index (Phi) is 6.04. The van der Waals surface area contributed by atoms with E-state index in [0.717, 1.165) is 19.3 Å². The highest BCUT2D eigenvalue weighted by molar-refractivity contribution is 7.89. The van der Waals surface area contributed by atoms with E-state index in [1.54, 1.807) is 7.11 Å². The van der Waals surface area contributed by atoms with Gasteiger partial charge in [0.25, 0.3) is 0 Å². The zero-order chi connectivity index (χ0) is 13.6. The lowest BCUT2D eigenvalue weighted by Gasteiger charge is -2.16. The maximum atomic E-state index is 11.8. The van der Waals surface area contributed by atoms with Crippen LogP contribution in [-0.2, 0) is 14.8 Å². The molecule has 0 bridgehead atoms. The van der Waals surface area contributed by atoms with Crippen molar-refractivity contribution in [3.8, 4) is 0 Å². The van der Waals surface area contributed by atoms with E-state index in [1.807, 2.05) is 13.8 Å². The van der Waals surface area contributed by atoms with Crippen molar-refractivity contribution in [2.24, 2.45) is 5.41 Å². The second-order valence-electron chi connectivity index (χ2n) is 5.49. The molecule has 0 radical (unpaired) electrons. The highest BCUT2D eigenvalue weighted by atomic mass is 32.2. The third kappa shape index (κ3) is 6.13. The van der Waals surface area contributed by atoms with E-state index in [-0.39, 0.29) is 11.2 Å². The molecule has 1 rings (SSSR count). The lowest BCUT2D eigenvalue weighted by molar-refractivity contribution is 0.173. The Morgan fingerprint density at radius 3 is 2.50 bits per heavy atom. The summed E-state index contributed by atoms with van der Waals surface area (Å²) in [5, 5.41) is 3.11. The van der Waals surface area contributed by atoms with Gasteiger partial charge < -0.3 is 10.1 Å². The van der Waals surface area contributed by atoms with Crippen LogP contribution in [0.25, 0.3) is 0 Å². The van der Waals surface area contributed by atoms with E-state index in [9.17, 15) is 8.42 Å². The predicted octanol–water partition coefficient (Wildman–Crippen LogP) is 0.721. The van der Waals surface area contributed by atoms with Crippen LogP contribution >= 0.6 is 0 Å². The van der Waals surface area contributed by atoms with Gasteiger partial charge in [-0.2, -0.15) is 0 Å². The van der Waals surface area contributed by atoms with Gasteiger partial charge in [0.05, 0.1) is 5.75 Å². The molecule has 1 saturated carbocycles. The number of hydrogen-bond donors (Lipinski definition) is 2. The molecule has 0 saturated heterocycles. The lowest BCUT2D eigenvalue weighted by Crippen LogP contribution is -2.37. The molecule has 18 heavy (non-hydrogen) atoms. The minimum Gasteiger partial charge on any atom is -0.385 e. The van der Waals surface area contributed by atoms with E-state index in [4.69, 9.17) is 4.74 Å². The second-order valence-corrected chi connectivity index (χ2v) is 7.42. The first-order valence-electron chi connectivity index (χ1n) is 6.59. The summed E-state index contributed by atoms with van der Waals surface area (Å²) < 4.78 is 31.3. The van der Waals surface area contributed by atoms with Crippen molar-refractivity contribution in [3.63, 3.8) is 0 Å². The first kappa shape index (κ1) is 15.9. The summed E-state index contributed by atoms with van der Waals surface area (Å²) in [7, 11) is -1.47. The Labute approximate surface area is 111 Å². The Balaban J connectivity index is 2.24. The third-order valence-corrected chi connectivity index (χ3v) is 4.71. The molecular formula is C12H26N2O3S. The molecule has 0 spiro atoms. The molecular weight excluding hydrogens is 252 g/mol. The van der Waals surface area contributed by atoms with Crippen LogP contribution in [0, 0.1) is 5.41 Å². The molecule has 0 heterocycles. The van der Waals surface area contributed by atoms with Gasteiger partial charge in [0.1, 0.15) is 0 Å². The largest absolute Gasteiger partial charge is 0.385 e. The summed E-state index contributed by atoms with van der Waals surface area (Å²) in [6.45, 7) is 5.77. The van der Waals surface area contributed by atoms with Crippen LogP contribution in [-0.4, -0.2) is 47.0 Å². The van der Waals surface area contributed by atoms with Crippen LogP contribution in [0.5, 0.6) is 0 Å². The van der Waals surface area contributed by atoms with Crippen molar-refractivity contribution in [2.45, 2.75) is 39.2 Å². The maximum absolute atomic E-state index is 11.8. The molecule has 6 heteroatoms. The van der Waals surface area contributed by atoms with Gasteiger partial charge in [-0.05, 0) is 24.7 Å². The Morgan fingerprint density at radius 1 is 1.33 bits per heavy atom. The fourth-order valence-electron chi connectivity index (χ4n) is 1.83. The van der Waals surface area contributed by atoms with Gasteiger partial charge in [0.15, 0.2) is 0 Å². The monoisotopic (exact) mass is 278 g/mol. The normalized spacial score (nSPS) is 18.2. The molecule has 0 unspecified atom stereocenters. The fraction of sp³-hybridized carbons (Fsp3) is 1.00. The van der Waals surface area contributed by atoms with Crippen molar-refractivity contribution >= 4 is 10.0 Å². The minimum absolute atomic E-state index is 0.144. The third-order valence-electron chi connectivity index (χ3n) is 3.38. The number of sulfonamides is 1. The van der Waals surface area contributed by atoms with Crippen molar-refractivity contribution in [1.29, 1.82) is 0 Å². The molecule has 0 aliphatic heterocycles. The number of methoxy groups -OCH3 is 1. The van der Waals surface area contributed by atoms with E-state index in [0.29, 0.717) is 25.7 Å². The van der Waals surface area contributed by atoms with Crippen LogP contribution in [0.15, 0.2) is 0 Å². The summed E-state index contributed by atoms with van der Waals surface area (Å²) >= 11 is 0. The molecule has 1 aliphatic carbocycles. The quantitative estimate of drug-likeness (QED) is 0.618. The molecule has 1 aliphatic rings. The van der Waals surface area contributed by atoms with Crippen LogP contribution in [0.1, 0.15) is 33.1 Å². The van der Waals surface area contributed by atoms with Crippen LogP contribution in [0.3, 0.4) is 0 Å². The van der Waals surface area contributed by atoms with Crippen LogP contribution in [0.2, 0.25) is 0 Å². The Hall–Kier alpha value is -0.170. The van der Waals surface area contributed by atoms with Crippen molar-refractivity contribution < 1.29 is 13.2 Å². The topological polar surface area (TPSA) is 67.4 Å². The molecule has 0 aromatic heterocycles. The first-order valence-corrected chi connectivity index (χ1v) is 8.24. The van der Waals surface area contributed by atoms with Gasteiger partial charge in [0.2, 0.25) is 10.0 Å². The summed E-state index contributed by atoms with van der Waals surface area (Å²) in [5.74, 6) is 0.144. The molecule has 1 fully saturated rings. The molecule has 108 valence electrons. The van der Waals surface area contributed by atoms with E-state index in [2.05, 4.69) is 10.0 Å². The fourth-order valence-corrected chi connectivity index (χ4v) is 2.88. The maximum Gasteiger partial charge on any atom is 0.212 e. The highest BCUT2D eigenvalue weighted by Gasteiger charge is 2.42. The Bertz CT molecular complexity index is 337. The zero-order valence-corrected chi connectivity index (χ0v) is 12.5. The average molecular weight is 278 g/mol. The molecule has 0 aromatic rings. The van der Waals surface area contributed by atoms with E-state index < -0.39 is 10.0 Å². The van der Waals surface area contributed by atoms with Gasteiger partial charge >= 0.3 is 0 Å². The summed E-state index contributed by atoms with van der Waals surface area (Å²) in [6.07, 6.45) is 3.14. The number of hydrogen-bond acceptors (Lipinski definition) is 4. The van der Waals surface area contributed by atoms with Crippen molar-refractivity contribution in [2.75, 3.05) is 32.6 Å². The van der Waals surface area contributed by atoms with Gasteiger partial charge in [0, 0.05) is 32.8 Å². The van der Waals surface area contributed by atoms with Crippen LogP contribution < -0.4 is 10.0 Å². The number of nitrogens with one attached hydrogen (secondary N) is 2. The Morgan fingerprint density at radius 2 is 2.00 bits per heavy atom. The smallest absolute Gasteiger partial charge is 0.212 e. The first-order chi connectivity index (χ1) is 8.39. The highest BCUT2D eigenvalue weighted by Crippen LogP contribution is 2.48. The molecule has 5 nitrogen and oxygen atoms in total.